The molecule has 1 aromatic heterocycles. The van der Waals surface area contributed by atoms with Crippen LogP contribution in [-0.2, 0) is 9.93 Å². The Morgan fingerprint density at radius 3 is 2.70 bits per heavy atom. The second kappa shape index (κ2) is 7.46. The van der Waals surface area contributed by atoms with E-state index in [-0.39, 0.29) is 22.8 Å². The quantitative estimate of drug-likeness (QED) is 0.556. The van der Waals surface area contributed by atoms with E-state index in [1.54, 1.807) is 12.3 Å². The van der Waals surface area contributed by atoms with Crippen LogP contribution in [0, 0.1) is 11.2 Å². The summed E-state index contributed by atoms with van der Waals surface area (Å²) < 4.78 is 32.5. The summed E-state index contributed by atoms with van der Waals surface area (Å²) in [5.41, 5.74) is 0.887. The number of carbonyl (C=O) groups excluding carboxylic acids is 1. The average Bonchev–Trinajstić information content (AvgIpc) is 2.67. The molecule has 30 heavy (non-hydrogen) atoms. The number of thiol groups is 1. The number of benzene rings is 1. The Labute approximate surface area is 175 Å². The van der Waals surface area contributed by atoms with Gasteiger partial charge in [-0.05, 0) is 55.9 Å². The molecule has 2 aromatic rings. The van der Waals surface area contributed by atoms with Gasteiger partial charge in [0.25, 0.3) is 5.91 Å². The van der Waals surface area contributed by atoms with Crippen molar-refractivity contribution in [1.29, 1.82) is 5.41 Å². The van der Waals surface area contributed by atoms with Crippen molar-refractivity contribution < 1.29 is 18.1 Å². The van der Waals surface area contributed by atoms with Gasteiger partial charge in [-0.3, -0.25) is 14.4 Å². The van der Waals surface area contributed by atoms with Crippen LogP contribution in [0.4, 0.5) is 10.1 Å². The lowest BCUT2D eigenvalue weighted by molar-refractivity contribution is 0.102. The smallest absolute Gasteiger partial charge is 0.274 e. The molecule has 1 aliphatic heterocycles. The number of hydrogen-bond donors (Lipinski definition) is 4. The number of carbonyl (C=O) groups is 1. The van der Waals surface area contributed by atoms with Crippen LogP contribution in [0.1, 0.15) is 41.4 Å². The fraction of sp³-hybridized carbons (Fsp3) is 0.381. The summed E-state index contributed by atoms with van der Waals surface area (Å²) in [5, 5.41) is 14.2. The molecule has 2 aliphatic rings. The highest BCUT2D eigenvalue weighted by molar-refractivity contribution is 8.04. The van der Waals surface area contributed by atoms with Crippen LogP contribution < -0.4 is 15.4 Å². The highest BCUT2D eigenvalue weighted by Crippen LogP contribution is 2.47. The molecule has 2 fully saturated rings. The maximum atomic E-state index is 14.6. The Balaban J connectivity index is 1.55. The molecule has 1 amide bonds. The van der Waals surface area contributed by atoms with Gasteiger partial charge < -0.3 is 15.4 Å². The lowest BCUT2D eigenvalue weighted by atomic mass is 9.82. The molecular formula is C21H25FN4O3S. The Bertz CT molecular complexity index is 1050. The Morgan fingerprint density at radius 2 is 2.13 bits per heavy atom. The van der Waals surface area contributed by atoms with E-state index in [9.17, 15) is 13.4 Å². The lowest BCUT2D eigenvalue weighted by Gasteiger charge is -2.54. The minimum atomic E-state index is -2.68. The molecule has 0 radical (unpaired) electrons. The number of halogens is 1. The minimum absolute atomic E-state index is 0.198. The van der Waals surface area contributed by atoms with E-state index in [2.05, 4.69) is 15.6 Å². The molecule has 1 atom stereocenters. The first-order valence-electron chi connectivity index (χ1n) is 9.79. The predicted octanol–water partition coefficient (Wildman–Crippen LogP) is 2.67. The van der Waals surface area contributed by atoms with Gasteiger partial charge in [0.15, 0.2) is 0 Å². The minimum Gasteiger partial charge on any atom is -0.495 e. The van der Waals surface area contributed by atoms with Crippen LogP contribution in [0.3, 0.4) is 0 Å². The number of aromatic nitrogens is 1. The highest BCUT2D eigenvalue weighted by Gasteiger charge is 2.53. The standard InChI is InChI=1S/C21H25FN4O3S/c1-29-14-5-7-17(24-11-14)19(27)25-13-4-6-16(22)15(10-13)18-12-30(2,28)21(8-3-9-21)20(23)26-18/h4-7,10-11,18,30H,3,8-9,12H2,1-2H3,(H2,23,26)(H,25,27)/t18-/m0/s1. The highest BCUT2D eigenvalue weighted by atomic mass is 32.2. The monoisotopic (exact) mass is 432 g/mol. The number of amides is 1. The van der Waals surface area contributed by atoms with Gasteiger partial charge in [0.1, 0.15) is 23.1 Å². The molecule has 4 rings (SSSR count). The molecule has 9 heteroatoms. The predicted molar refractivity (Wildman–Crippen MR) is 116 cm³/mol. The van der Waals surface area contributed by atoms with Crippen LogP contribution in [0.5, 0.6) is 5.75 Å². The summed E-state index contributed by atoms with van der Waals surface area (Å²) in [6.07, 6.45) is 5.62. The van der Waals surface area contributed by atoms with Crippen molar-refractivity contribution in [3.05, 3.63) is 53.6 Å². The van der Waals surface area contributed by atoms with Crippen molar-refractivity contribution in [1.82, 2.24) is 10.3 Å². The molecule has 160 valence electrons. The number of ether oxygens (including phenoxy) is 1. The second-order valence-electron chi connectivity index (χ2n) is 8.01. The van der Waals surface area contributed by atoms with Crippen molar-refractivity contribution >= 4 is 27.4 Å². The Kier molecular flexibility index (Phi) is 5.09. The van der Waals surface area contributed by atoms with E-state index in [4.69, 9.17) is 10.1 Å². The maximum absolute atomic E-state index is 14.6. The molecule has 0 unspecified atom stereocenters. The number of pyridine rings is 1. The SMILES string of the molecule is COc1ccc(C(=O)Nc2ccc(F)c([C@@H]3C[SH](C)(=O)C4(CCC4)C(=N)N3)c2)nc1. The largest absolute Gasteiger partial charge is 0.495 e. The third-order valence-corrected chi connectivity index (χ3v) is 9.78. The Morgan fingerprint density at radius 1 is 1.37 bits per heavy atom. The van der Waals surface area contributed by atoms with Crippen LogP contribution >= 0.6 is 0 Å². The van der Waals surface area contributed by atoms with Gasteiger partial charge in [-0.2, -0.15) is 0 Å². The molecule has 1 saturated carbocycles. The van der Waals surface area contributed by atoms with E-state index in [1.165, 1.54) is 37.6 Å². The van der Waals surface area contributed by atoms with Crippen molar-refractivity contribution in [3.8, 4) is 5.75 Å². The van der Waals surface area contributed by atoms with Crippen LogP contribution in [0.2, 0.25) is 0 Å². The van der Waals surface area contributed by atoms with E-state index >= 15 is 0 Å². The third-order valence-electron chi connectivity index (χ3n) is 6.24. The van der Waals surface area contributed by atoms with Gasteiger partial charge in [-0.15, -0.1) is 0 Å². The maximum Gasteiger partial charge on any atom is 0.274 e. The zero-order valence-electron chi connectivity index (χ0n) is 16.9. The normalized spacial score (nSPS) is 22.5. The topological polar surface area (TPSA) is 104 Å². The van der Waals surface area contributed by atoms with Crippen molar-refractivity contribution in [2.24, 2.45) is 0 Å². The summed E-state index contributed by atoms with van der Waals surface area (Å²) >= 11 is 0. The zero-order chi connectivity index (χ0) is 21.5. The molecule has 1 aromatic carbocycles. The number of nitrogens with one attached hydrogen (secondary N) is 3. The third kappa shape index (κ3) is 3.36. The van der Waals surface area contributed by atoms with Gasteiger partial charge in [0.05, 0.1) is 24.1 Å². The number of nitrogens with zero attached hydrogens (tertiary/aromatic N) is 1. The molecular weight excluding hydrogens is 407 g/mol. The van der Waals surface area contributed by atoms with Crippen molar-refractivity contribution in [2.75, 3.05) is 24.4 Å². The van der Waals surface area contributed by atoms with Crippen molar-refractivity contribution in [2.45, 2.75) is 30.1 Å². The first kappa shape index (κ1) is 20.5. The number of anilines is 1. The summed E-state index contributed by atoms with van der Waals surface area (Å²) in [7, 11) is -1.17. The Hall–Kier alpha value is -2.81. The number of amidine groups is 1. The summed E-state index contributed by atoms with van der Waals surface area (Å²) in [5.74, 6) is 0.158. The molecule has 2 heterocycles. The van der Waals surface area contributed by atoms with Crippen LogP contribution in [0.15, 0.2) is 36.5 Å². The summed E-state index contributed by atoms with van der Waals surface area (Å²) in [4.78, 5) is 16.5. The van der Waals surface area contributed by atoms with Gasteiger partial charge >= 0.3 is 0 Å². The van der Waals surface area contributed by atoms with Gasteiger partial charge in [0, 0.05) is 17.0 Å². The molecule has 1 spiro atoms. The number of rotatable bonds is 4. The summed E-state index contributed by atoms with van der Waals surface area (Å²) in [6, 6.07) is 6.86. The lowest BCUT2D eigenvalue weighted by Crippen LogP contribution is -2.65. The molecule has 7 nitrogen and oxygen atoms in total. The molecule has 3 N–H and O–H groups in total. The van der Waals surface area contributed by atoms with E-state index in [1.807, 2.05) is 0 Å². The molecule has 1 saturated heterocycles. The van der Waals surface area contributed by atoms with Gasteiger partial charge in [0.2, 0.25) is 0 Å². The van der Waals surface area contributed by atoms with Gasteiger partial charge in [-0.25, -0.2) is 9.37 Å². The number of hydrogen-bond acceptors (Lipinski definition) is 5. The molecule has 1 aliphatic carbocycles. The first-order valence-corrected chi connectivity index (χ1v) is 12.1. The van der Waals surface area contributed by atoms with Crippen LogP contribution in [-0.4, -0.2) is 44.8 Å². The average molecular weight is 433 g/mol. The fourth-order valence-electron chi connectivity index (χ4n) is 4.24. The van der Waals surface area contributed by atoms with Crippen molar-refractivity contribution in [3.63, 3.8) is 0 Å². The van der Waals surface area contributed by atoms with E-state index in [0.717, 1.165) is 19.3 Å². The zero-order valence-corrected chi connectivity index (χ0v) is 17.8. The molecule has 0 bridgehead atoms. The van der Waals surface area contributed by atoms with Gasteiger partial charge in [-0.1, -0.05) is 9.93 Å². The fourth-order valence-corrected chi connectivity index (χ4v) is 7.38. The van der Waals surface area contributed by atoms with E-state index in [0.29, 0.717) is 11.4 Å². The van der Waals surface area contributed by atoms with E-state index < -0.39 is 32.4 Å². The first-order chi connectivity index (χ1) is 14.3. The van der Waals surface area contributed by atoms with Crippen LogP contribution in [0.25, 0.3) is 0 Å². The number of methoxy groups -OCH3 is 1. The second-order valence-corrected chi connectivity index (χ2v) is 11.4. The summed E-state index contributed by atoms with van der Waals surface area (Å²) in [6.45, 7) is 0.